The molecule has 0 saturated heterocycles. The zero-order chi connectivity index (χ0) is 22.9. The zero-order valence-electron chi connectivity index (χ0n) is 16.7. The van der Waals surface area contributed by atoms with Gasteiger partial charge >= 0.3 is 5.97 Å². The van der Waals surface area contributed by atoms with E-state index in [0.29, 0.717) is 10.8 Å². The number of benzene rings is 1. The second kappa shape index (κ2) is 9.40. The number of thiazole rings is 1. The van der Waals surface area contributed by atoms with Crippen molar-refractivity contribution < 1.29 is 14.3 Å². The van der Waals surface area contributed by atoms with Crippen LogP contribution in [-0.2, 0) is 16.1 Å². The van der Waals surface area contributed by atoms with Crippen molar-refractivity contribution in [3.63, 3.8) is 0 Å². The fourth-order valence-electron chi connectivity index (χ4n) is 2.72. The van der Waals surface area contributed by atoms with E-state index < -0.39 is 5.97 Å². The Labute approximate surface area is 197 Å². The summed E-state index contributed by atoms with van der Waals surface area (Å²) < 4.78 is 5.24. The minimum atomic E-state index is -0.831. The molecule has 2 aromatic heterocycles. The van der Waals surface area contributed by atoms with Crippen molar-refractivity contribution in [3.8, 4) is 0 Å². The van der Waals surface area contributed by atoms with Gasteiger partial charge in [0.25, 0.3) is 0 Å². The standard InChI is InChI=1S/C20H17Cl3N4O3S/c1-9-5-4-6-13(10(9)2)27(11(3)28)20-25-12(8-31-20)7-30-19(29)17-14(21)16(24)15(22)18(23)26-17/h4-6,8H,7H2,1-3H3,(H2,24,26). The summed E-state index contributed by atoms with van der Waals surface area (Å²) in [4.78, 5) is 34.5. The van der Waals surface area contributed by atoms with Crippen LogP contribution in [0.15, 0.2) is 23.6 Å². The molecule has 2 N–H and O–H groups in total. The minimum Gasteiger partial charge on any atom is -0.454 e. The van der Waals surface area contributed by atoms with Gasteiger partial charge in [0.1, 0.15) is 11.6 Å². The van der Waals surface area contributed by atoms with Crippen LogP contribution in [-0.4, -0.2) is 21.8 Å². The first-order valence-corrected chi connectivity index (χ1v) is 10.9. The molecule has 162 valence electrons. The number of carbonyl (C=O) groups excluding carboxylic acids is 2. The summed E-state index contributed by atoms with van der Waals surface area (Å²) in [5.74, 6) is -1.02. The first kappa shape index (κ1) is 23.3. The lowest BCUT2D eigenvalue weighted by Gasteiger charge is -2.21. The van der Waals surface area contributed by atoms with Crippen LogP contribution in [0.1, 0.15) is 34.2 Å². The van der Waals surface area contributed by atoms with Gasteiger partial charge in [-0.25, -0.2) is 14.8 Å². The predicted molar refractivity (Wildman–Crippen MR) is 124 cm³/mol. The Bertz CT molecular complexity index is 1180. The molecular weight excluding hydrogens is 483 g/mol. The van der Waals surface area contributed by atoms with Crippen molar-refractivity contribution in [2.24, 2.45) is 0 Å². The molecule has 3 aromatic rings. The smallest absolute Gasteiger partial charge is 0.359 e. The van der Waals surface area contributed by atoms with Gasteiger partial charge in [0.2, 0.25) is 5.91 Å². The predicted octanol–water partition coefficient (Wildman–Crippen LogP) is 5.74. The van der Waals surface area contributed by atoms with Crippen LogP contribution in [0.3, 0.4) is 0 Å². The molecule has 0 atom stereocenters. The summed E-state index contributed by atoms with van der Waals surface area (Å²) in [6.07, 6.45) is 0. The number of nitrogen functional groups attached to an aromatic ring is 1. The fraction of sp³-hybridized carbons (Fsp3) is 0.200. The van der Waals surface area contributed by atoms with E-state index in [2.05, 4.69) is 9.97 Å². The summed E-state index contributed by atoms with van der Waals surface area (Å²) in [5, 5.41) is 1.82. The molecule has 3 rings (SSSR count). The van der Waals surface area contributed by atoms with E-state index in [1.165, 1.54) is 23.2 Å². The highest BCUT2D eigenvalue weighted by Gasteiger charge is 2.23. The Kier molecular flexibility index (Phi) is 7.06. The van der Waals surface area contributed by atoms with E-state index >= 15 is 0 Å². The molecular formula is C20H17Cl3N4O3S. The molecule has 2 heterocycles. The number of nitrogens with zero attached hydrogens (tertiary/aromatic N) is 3. The van der Waals surface area contributed by atoms with E-state index in [9.17, 15) is 9.59 Å². The maximum Gasteiger partial charge on any atom is 0.359 e. The highest BCUT2D eigenvalue weighted by atomic mass is 35.5. The number of esters is 1. The van der Waals surface area contributed by atoms with Crippen molar-refractivity contribution in [1.82, 2.24) is 9.97 Å². The number of amides is 1. The number of hydrogen-bond acceptors (Lipinski definition) is 7. The third-order valence-corrected chi connectivity index (χ3v) is 6.49. The molecule has 1 aromatic carbocycles. The zero-order valence-corrected chi connectivity index (χ0v) is 19.8. The molecule has 0 radical (unpaired) electrons. The largest absolute Gasteiger partial charge is 0.454 e. The first-order chi connectivity index (χ1) is 14.6. The van der Waals surface area contributed by atoms with Gasteiger partial charge in [0.05, 0.1) is 22.1 Å². The van der Waals surface area contributed by atoms with Crippen molar-refractivity contribution in [2.75, 3.05) is 10.6 Å². The Morgan fingerprint density at radius 1 is 1.16 bits per heavy atom. The van der Waals surface area contributed by atoms with Crippen LogP contribution in [0.5, 0.6) is 0 Å². The van der Waals surface area contributed by atoms with E-state index in [-0.39, 0.29) is 39.1 Å². The second-order valence-corrected chi connectivity index (χ2v) is 8.51. The molecule has 0 unspecified atom stereocenters. The quantitative estimate of drug-likeness (QED) is 0.355. The fourth-order valence-corrected chi connectivity index (χ4v) is 4.17. The van der Waals surface area contributed by atoms with Crippen LogP contribution in [0.25, 0.3) is 0 Å². The SMILES string of the molecule is CC(=O)N(c1nc(COC(=O)c2nc(Cl)c(Cl)c(N)c2Cl)cs1)c1cccc(C)c1C. The number of hydrogen-bond donors (Lipinski definition) is 1. The average molecular weight is 500 g/mol. The van der Waals surface area contributed by atoms with E-state index in [4.69, 9.17) is 45.3 Å². The normalized spacial score (nSPS) is 10.8. The Morgan fingerprint density at radius 3 is 2.55 bits per heavy atom. The summed E-state index contributed by atoms with van der Waals surface area (Å²) in [6.45, 7) is 5.21. The molecule has 0 bridgehead atoms. The third kappa shape index (κ3) is 4.77. The molecule has 0 saturated carbocycles. The highest BCUT2D eigenvalue weighted by molar-refractivity contribution is 7.14. The molecule has 1 amide bonds. The van der Waals surface area contributed by atoms with Crippen LogP contribution in [0, 0.1) is 13.8 Å². The Morgan fingerprint density at radius 2 is 1.87 bits per heavy atom. The molecule has 0 aliphatic carbocycles. The number of carbonyl (C=O) groups is 2. The van der Waals surface area contributed by atoms with Gasteiger partial charge in [-0.05, 0) is 31.0 Å². The van der Waals surface area contributed by atoms with Crippen LogP contribution >= 0.6 is 46.1 Å². The van der Waals surface area contributed by atoms with Gasteiger partial charge in [-0.3, -0.25) is 9.69 Å². The maximum absolute atomic E-state index is 12.4. The summed E-state index contributed by atoms with van der Waals surface area (Å²) in [6, 6.07) is 5.70. The van der Waals surface area contributed by atoms with Gasteiger partial charge in [0, 0.05) is 12.3 Å². The monoisotopic (exact) mass is 498 g/mol. The average Bonchev–Trinajstić information content (AvgIpc) is 3.18. The Balaban J connectivity index is 1.80. The summed E-state index contributed by atoms with van der Waals surface area (Å²) in [5.41, 5.74) is 8.65. The number of nitrogens with two attached hydrogens (primary N) is 1. The lowest BCUT2D eigenvalue weighted by molar-refractivity contribution is -0.115. The lowest BCUT2D eigenvalue weighted by Crippen LogP contribution is -2.23. The highest BCUT2D eigenvalue weighted by Crippen LogP contribution is 2.35. The topological polar surface area (TPSA) is 98.4 Å². The second-order valence-electron chi connectivity index (χ2n) is 6.56. The van der Waals surface area contributed by atoms with Crippen molar-refractivity contribution in [2.45, 2.75) is 27.4 Å². The molecule has 0 aliphatic heterocycles. The third-order valence-electron chi connectivity index (χ3n) is 4.48. The van der Waals surface area contributed by atoms with Crippen LogP contribution < -0.4 is 10.6 Å². The maximum atomic E-state index is 12.4. The summed E-state index contributed by atoms with van der Waals surface area (Å²) >= 11 is 19.0. The number of halogens is 3. The number of ether oxygens (including phenoxy) is 1. The van der Waals surface area contributed by atoms with E-state index in [0.717, 1.165) is 16.8 Å². The first-order valence-electron chi connectivity index (χ1n) is 8.90. The van der Waals surface area contributed by atoms with Crippen molar-refractivity contribution >= 4 is 74.5 Å². The summed E-state index contributed by atoms with van der Waals surface area (Å²) in [7, 11) is 0. The molecule has 0 aliphatic rings. The van der Waals surface area contributed by atoms with Crippen molar-refractivity contribution in [1.29, 1.82) is 0 Å². The van der Waals surface area contributed by atoms with Gasteiger partial charge in [-0.1, -0.05) is 46.9 Å². The van der Waals surface area contributed by atoms with Crippen molar-refractivity contribution in [3.05, 3.63) is 61.3 Å². The molecule has 7 nitrogen and oxygen atoms in total. The van der Waals surface area contributed by atoms with Gasteiger partial charge < -0.3 is 10.5 Å². The molecule has 31 heavy (non-hydrogen) atoms. The van der Waals surface area contributed by atoms with Gasteiger partial charge in [0.15, 0.2) is 16.0 Å². The molecule has 0 fully saturated rings. The number of aromatic nitrogens is 2. The van der Waals surface area contributed by atoms with E-state index in [1.54, 1.807) is 5.38 Å². The minimum absolute atomic E-state index is 0.0388. The van der Waals surface area contributed by atoms with Crippen LogP contribution in [0.2, 0.25) is 15.2 Å². The number of rotatable bonds is 5. The van der Waals surface area contributed by atoms with Gasteiger partial charge in [-0.15, -0.1) is 11.3 Å². The molecule has 0 spiro atoms. The number of aryl methyl sites for hydroxylation is 1. The number of pyridine rings is 1. The van der Waals surface area contributed by atoms with Crippen LogP contribution in [0.4, 0.5) is 16.5 Å². The van der Waals surface area contributed by atoms with Gasteiger partial charge in [-0.2, -0.15) is 0 Å². The Hall–Kier alpha value is -2.39. The lowest BCUT2D eigenvalue weighted by atomic mass is 10.1. The molecule has 11 heteroatoms. The van der Waals surface area contributed by atoms with E-state index in [1.807, 2.05) is 32.0 Å². The number of anilines is 3.